The predicted octanol–water partition coefficient (Wildman–Crippen LogP) is 3.06. The normalized spacial score (nSPS) is 11.9. The summed E-state index contributed by atoms with van der Waals surface area (Å²) < 4.78 is 29.4. The van der Waals surface area contributed by atoms with Gasteiger partial charge in [-0.25, -0.2) is 4.39 Å². The van der Waals surface area contributed by atoms with E-state index >= 15 is 0 Å². The van der Waals surface area contributed by atoms with Crippen LogP contribution in [0.4, 0.5) is 4.39 Å². The Balaban J connectivity index is 2.02. The molecule has 0 saturated carbocycles. The quantitative estimate of drug-likeness (QED) is 0.729. The number of aliphatic hydroxyl groups excluding tert-OH is 1. The van der Waals surface area contributed by atoms with Gasteiger partial charge in [0, 0.05) is 12.6 Å². The molecular formula is C19H24FNO4. The van der Waals surface area contributed by atoms with Crippen molar-refractivity contribution in [2.75, 3.05) is 27.4 Å². The van der Waals surface area contributed by atoms with Gasteiger partial charge in [-0.15, -0.1) is 0 Å². The van der Waals surface area contributed by atoms with Crippen LogP contribution in [0.1, 0.15) is 24.1 Å². The van der Waals surface area contributed by atoms with E-state index in [1.807, 2.05) is 31.2 Å². The Kier molecular flexibility index (Phi) is 7.03. The molecule has 6 heteroatoms. The molecule has 0 aliphatic carbocycles. The van der Waals surface area contributed by atoms with Crippen molar-refractivity contribution < 1.29 is 23.7 Å². The van der Waals surface area contributed by atoms with E-state index in [0.717, 1.165) is 11.1 Å². The first-order valence-electron chi connectivity index (χ1n) is 8.06. The maximum Gasteiger partial charge on any atom is 0.165 e. The molecule has 0 fully saturated rings. The van der Waals surface area contributed by atoms with Crippen LogP contribution in [0, 0.1) is 5.82 Å². The average Bonchev–Trinajstić information content (AvgIpc) is 2.64. The van der Waals surface area contributed by atoms with Crippen molar-refractivity contribution in [2.24, 2.45) is 0 Å². The highest BCUT2D eigenvalue weighted by Crippen LogP contribution is 2.30. The van der Waals surface area contributed by atoms with Gasteiger partial charge in [0.05, 0.1) is 20.8 Å². The molecule has 2 rings (SSSR count). The zero-order valence-corrected chi connectivity index (χ0v) is 14.7. The monoisotopic (exact) mass is 349 g/mol. The van der Waals surface area contributed by atoms with E-state index in [1.54, 1.807) is 13.2 Å². The van der Waals surface area contributed by atoms with Crippen molar-refractivity contribution in [2.45, 2.75) is 19.5 Å². The van der Waals surface area contributed by atoms with E-state index in [4.69, 9.17) is 19.3 Å². The lowest BCUT2D eigenvalue weighted by molar-refractivity contribution is 0.196. The second-order valence-corrected chi connectivity index (χ2v) is 5.55. The molecule has 0 aliphatic rings. The number of methoxy groups -OCH3 is 2. The lowest BCUT2D eigenvalue weighted by atomic mass is 10.1. The van der Waals surface area contributed by atoms with Crippen LogP contribution < -0.4 is 19.5 Å². The van der Waals surface area contributed by atoms with Gasteiger partial charge in [0.2, 0.25) is 0 Å². The molecule has 2 aromatic rings. The molecule has 2 N–H and O–H groups in total. The highest BCUT2D eigenvalue weighted by molar-refractivity contribution is 5.43. The van der Waals surface area contributed by atoms with Crippen LogP contribution in [0.15, 0.2) is 36.4 Å². The van der Waals surface area contributed by atoms with Gasteiger partial charge in [-0.1, -0.05) is 12.1 Å². The molecule has 0 bridgehead atoms. The third-order valence-corrected chi connectivity index (χ3v) is 3.87. The minimum atomic E-state index is -0.374. The number of hydrogen-bond donors (Lipinski definition) is 2. The summed E-state index contributed by atoms with van der Waals surface area (Å²) in [4.78, 5) is 0. The van der Waals surface area contributed by atoms with E-state index in [0.29, 0.717) is 18.0 Å². The number of rotatable bonds is 9. The summed E-state index contributed by atoms with van der Waals surface area (Å²) in [5, 5.41) is 12.2. The largest absolute Gasteiger partial charge is 0.494 e. The van der Waals surface area contributed by atoms with Crippen LogP contribution >= 0.6 is 0 Å². The minimum Gasteiger partial charge on any atom is -0.494 e. The summed E-state index contributed by atoms with van der Waals surface area (Å²) in [6.07, 6.45) is 0. The van der Waals surface area contributed by atoms with Gasteiger partial charge in [-0.2, -0.15) is 0 Å². The maximum atomic E-state index is 13.7. The molecule has 0 heterocycles. The molecule has 0 spiro atoms. The van der Waals surface area contributed by atoms with E-state index < -0.39 is 0 Å². The molecule has 0 aromatic heterocycles. The van der Waals surface area contributed by atoms with Crippen molar-refractivity contribution in [3.63, 3.8) is 0 Å². The molecular weight excluding hydrogens is 325 g/mol. The topological polar surface area (TPSA) is 60.0 Å². The molecule has 2 aromatic carbocycles. The van der Waals surface area contributed by atoms with Gasteiger partial charge in [0.15, 0.2) is 23.1 Å². The van der Waals surface area contributed by atoms with Crippen LogP contribution in [0.5, 0.6) is 17.2 Å². The summed E-state index contributed by atoms with van der Waals surface area (Å²) in [6.45, 7) is 2.70. The molecule has 0 saturated heterocycles. The summed E-state index contributed by atoms with van der Waals surface area (Å²) in [6, 6.07) is 10.6. The number of ether oxygens (including phenoxy) is 3. The Morgan fingerprint density at radius 3 is 2.40 bits per heavy atom. The summed E-state index contributed by atoms with van der Waals surface area (Å²) >= 11 is 0. The number of halogens is 1. The zero-order valence-electron chi connectivity index (χ0n) is 14.7. The average molecular weight is 349 g/mol. The van der Waals surface area contributed by atoms with Gasteiger partial charge < -0.3 is 24.6 Å². The van der Waals surface area contributed by atoms with Crippen LogP contribution in [-0.2, 0) is 6.54 Å². The molecule has 0 aliphatic heterocycles. The van der Waals surface area contributed by atoms with Crippen molar-refractivity contribution in [1.29, 1.82) is 0 Å². The lowest BCUT2D eigenvalue weighted by Crippen LogP contribution is -2.18. The first-order chi connectivity index (χ1) is 12.1. The SMILES string of the molecule is COc1ccc(CNC(C)c2ccc(OCCO)c(OC)c2)cc1F. The van der Waals surface area contributed by atoms with Crippen molar-refractivity contribution in [3.8, 4) is 17.2 Å². The Morgan fingerprint density at radius 2 is 1.76 bits per heavy atom. The Bertz CT molecular complexity index is 693. The minimum absolute atomic E-state index is 0.0333. The van der Waals surface area contributed by atoms with Crippen molar-refractivity contribution >= 4 is 0 Å². The molecule has 1 atom stereocenters. The Labute approximate surface area is 147 Å². The standard InChI is InChI=1S/C19H24FNO4/c1-13(21-12-14-4-6-17(23-2)16(20)10-14)15-5-7-18(25-9-8-22)19(11-15)24-3/h4-7,10-11,13,21-22H,8-9,12H2,1-3H3. The van der Waals surface area contributed by atoms with E-state index in [9.17, 15) is 4.39 Å². The number of hydrogen-bond acceptors (Lipinski definition) is 5. The molecule has 0 amide bonds. The molecule has 5 nitrogen and oxygen atoms in total. The predicted molar refractivity (Wildman–Crippen MR) is 93.8 cm³/mol. The molecule has 1 unspecified atom stereocenters. The number of nitrogens with one attached hydrogen (secondary N) is 1. The fourth-order valence-corrected chi connectivity index (χ4v) is 2.44. The summed E-state index contributed by atoms with van der Waals surface area (Å²) in [5.74, 6) is 1.06. The van der Waals surface area contributed by atoms with Crippen molar-refractivity contribution in [1.82, 2.24) is 5.32 Å². The van der Waals surface area contributed by atoms with E-state index in [-0.39, 0.29) is 30.8 Å². The molecule has 0 radical (unpaired) electrons. The zero-order chi connectivity index (χ0) is 18.2. The number of aliphatic hydroxyl groups is 1. The van der Waals surface area contributed by atoms with E-state index in [2.05, 4.69) is 5.32 Å². The van der Waals surface area contributed by atoms with Crippen LogP contribution in [-0.4, -0.2) is 32.5 Å². The second-order valence-electron chi connectivity index (χ2n) is 5.55. The third kappa shape index (κ3) is 5.08. The molecule has 136 valence electrons. The third-order valence-electron chi connectivity index (χ3n) is 3.87. The van der Waals surface area contributed by atoms with Gasteiger partial charge in [-0.05, 0) is 42.3 Å². The fourth-order valence-electron chi connectivity index (χ4n) is 2.44. The van der Waals surface area contributed by atoms with Gasteiger partial charge in [0.1, 0.15) is 6.61 Å². The van der Waals surface area contributed by atoms with Crippen LogP contribution in [0.2, 0.25) is 0 Å². The first-order valence-corrected chi connectivity index (χ1v) is 8.06. The highest BCUT2D eigenvalue weighted by atomic mass is 19.1. The van der Waals surface area contributed by atoms with Gasteiger partial charge >= 0.3 is 0 Å². The van der Waals surface area contributed by atoms with E-state index in [1.165, 1.54) is 13.2 Å². The number of benzene rings is 2. The summed E-state index contributed by atoms with van der Waals surface area (Å²) in [7, 11) is 3.02. The van der Waals surface area contributed by atoms with Gasteiger partial charge in [0.25, 0.3) is 0 Å². The van der Waals surface area contributed by atoms with Crippen LogP contribution in [0.25, 0.3) is 0 Å². The van der Waals surface area contributed by atoms with Gasteiger partial charge in [-0.3, -0.25) is 0 Å². The Morgan fingerprint density at radius 1 is 1.04 bits per heavy atom. The highest BCUT2D eigenvalue weighted by Gasteiger charge is 2.11. The maximum absolute atomic E-state index is 13.7. The Hall–Kier alpha value is -2.31. The van der Waals surface area contributed by atoms with Crippen LogP contribution in [0.3, 0.4) is 0 Å². The smallest absolute Gasteiger partial charge is 0.165 e. The second kappa shape index (κ2) is 9.25. The molecule has 25 heavy (non-hydrogen) atoms. The lowest BCUT2D eigenvalue weighted by Gasteiger charge is -2.17. The fraction of sp³-hybridized carbons (Fsp3) is 0.368. The first kappa shape index (κ1) is 19.0. The summed E-state index contributed by atoms with van der Waals surface area (Å²) in [5.41, 5.74) is 1.85. The van der Waals surface area contributed by atoms with Crippen molar-refractivity contribution in [3.05, 3.63) is 53.3 Å².